The molecule has 0 heterocycles. The van der Waals surface area contributed by atoms with Crippen molar-refractivity contribution in [2.24, 2.45) is 10.7 Å². The average molecular weight is 110 g/mol. The van der Waals surface area contributed by atoms with Gasteiger partial charge in [-0.05, 0) is 6.92 Å². The minimum Gasteiger partial charge on any atom is -0.403 e. The Hall–Kier alpha value is -1.05. The zero-order valence-corrected chi connectivity index (χ0v) is 4.96. The lowest BCUT2D eigenvalue weighted by Crippen LogP contribution is -1.80. The summed E-state index contributed by atoms with van der Waals surface area (Å²) >= 11 is 0. The van der Waals surface area contributed by atoms with Gasteiger partial charge in [0.05, 0.1) is 5.70 Å². The Morgan fingerprint density at radius 3 is 2.75 bits per heavy atom. The topological polar surface area (TPSA) is 38.4 Å². The van der Waals surface area contributed by atoms with E-state index in [1.54, 1.807) is 12.3 Å². The Kier molecular flexibility index (Phi) is 3.58. The van der Waals surface area contributed by atoms with Crippen LogP contribution in [0.1, 0.15) is 6.92 Å². The summed E-state index contributed by atoms with van der Waals surface area (Å²) in [6.07, 6.45) is 4.64. The molecule has 0 aromatic carbocycles. The molecule has 0 unspecified atom stereocenters. The van der Waals surface area contributed by atoms with E-state index < -0.39 is 0 Å². The van der Waals surface area contributed by atoms with Gasteiger partial charge in [0.1, 0.15) is 0 Å². The van der Waals surface area contributed by atoms with Gasteiger partial charge in [0, 0.05) is 12.4 Å². The van der Waals surface area contributed by atoms with Crippen LogP contribution in [-0.2, 0) is 0 Å². The van der Waals surface area contributed by atoms with Crippen molar-refractivity contribution in [2.75, 3.05) is 0 Å². The number of nitrogens with zero attached hydrogens (tertiary/aromatic N) is 1. The van der Waals surface area contributed by atoms with Crippen molar-refractivity contribution in [1.29, 1.82) is 0 Å². The second-order valence-corrected chi connectivity index (χ2v) is 1.32. The molecule has 0 atom stereocenters. The first kappa shape index (κ1) is 6.95. The number of nitrogens with two attached hydrogens (primary N) is 1. The van der Waals surface area contributed by atoms with Crippen LogP contribution in [0.5, 0.6) is 0 Å². The number of hydrogen-bond donors (Lipinski definition) is 1. The van der Waals surface area contributed by atoms with Gasteiger partial charge in [-0.2, -0.15) is 0 Å². The zero-order valence-electron chi connectivity index (χ0n) is 4.96. The predicted molar refractivity (Wildman–Crippen MR) is 36.6 cm³/mol. The van der Waals surface area contributed by atoms with Crippen LogP contribution in [0.2, 0.25) is 0 Å². The number of hydrogen-bond acceptors (Lipinski definition) is 2. The molecule has 8 heavy (non-hydrogen) atoms. The number of allylic oxidation sites excluding steroid dienone is 2. The minimum absolute atomic E-state index is 0.796. The molecule has 0 spiro atoms. The van der Waals surface area contributed by atoms with Crippen molar-refractivity contribution in [3.8, 4) is 0 Å². The summed E-state index contributed by atoms with van der Waals surface area (Å²) in [6.45, 7) is 5.27. The largest absolute Gasteiger partial charge is 0.403 e. The van der Waals surface area contributed by atoms with E-state index in [1.807, 2.05) is 6.92 Å². The lowest BCUT2D eigenvalue weighted by Gasteiger charge is -1.82. The Morgan fingerprint density at radius 2 is 2.38 bits per heavy atom. The molecule has 2 heteroatoms. The number of rotatable bonds is 2. The first-order valence-corrected chi connectivity index (χ1v) is 2.35. The van der Waals surface area contributed by atoms with Crippen molar-refractivity contribution >= 4 is 6.21 Å². The van der Waals surface area contributed by atoms with E-state index in [0.29, 0.717) is 0 Å². The molecule has 0 amide bonds. The fourth-order valence-electron chi connectivity index (χ4n) is 0.213. The molecule has 0 rings (SSSR count). The Bertz CT molecular complexity index is 122. The first-order chi connectivity index (χ1) is 3.81. The quantitative estimate of drug-likeness (QED) is 0.530. The molecule has 0 aliphatic rings. The third-order valence-corrected chi connectivity index (χ3v) is 0.625. The highest BCUT2D eigenvalue weighted by atomic mass is 14.7. The molecule has 0 radical (unpaired) electrons. The van der Waals surface area contributed by atoms with E-state index in [2.05, 4.69) is 11.6 Å². The highest BCUT2D eigenvalue weighted by molar-refractivity contribution is 5.71. The van der Waals surface area contributed by atoms with Crippen LogP contribution in [0, 0.1) is 0 Å². The van der Waals surface area contributed by atoms with E-state index in [0.717, 1.165) is 5.70 Å². The molecule has 2 N–H and O–H groups in total. The molecule has 2 nitrogen and oxygen atoms in total. The highest BCUT2D eigenvalue weighted by Crippen LogP contribution is 1.86. The Balaban J connectivity index is 3.69. The second kappa shape index (κ2) is 4.12. The van der Waals surface area contributed by atoms with Crippen LogP contribution in [0.15, 0.2) is 29.5 Å². The molecule has 0 saturated heterocycles. The molecule has 0 aliphatic carbocycles. The summed E-state index contributed by atoms with van der Waals surface area (Å²) in [5.74, 6) is 0. The van der Waals surface area contributed by atoms with Crippen molar-refractivity contribution in [3.63, 3.8) is 0 Å². The summed E-state index contributed by atoms with van der Waals surface area (Å²) < 4.78 is 0. The van der Waals surface area contributed by atoms with E-state index in [1.165, 1.54) is 6.20 Å². The predicted octanol–water partition coefficient (Wildman–Crippen LogP) is 1.06. The smallest absolute Gasteiger partial charge is 0.0526 e. The lowest BCUT2D eigenvalue weighted by atomic mass is 10.5. The third-order valence-electron chi connectivity index (χ3n) is 0.625. The monoisotopic (exact) mass is 110 g/mol. The van der Waals surface area contributed by atoms with Gasteiger partial charge in [-0.3, -0.25) is 4.99 Å². The van der Waals surface area contributed by atoms with Gasteiger partial charge in [0.25, 0.3) is 0 Å². The van der Waals surface area contributed by atoms with E-state index in [4.69, 9.17) is 5.73 Å². The maximum atomic E-state index is 5.10. The van der Waals surface area contributed by atoms with Gasteiger partial charge in [0.15, 0.2) is 0 Å². The lowest BCUT2D eigenvalue weighted by molar-refractivity contribution is 1.28. The van der Waals surface area contributed by atoms with Crippen LogP contribution in [0.25, 0.3) is 0 Å². The molecule has 0 bridgehead atoms. The van der Waals surface area contributed by atoms with Crippen molar-refractivity contribution < 1.29 is 0 Å². The minimum atomic E-state index is 0.796. The normalized spacial score (nSPS) is 12.4. The Labute approximate surface area is 49.4 Å². The van der Waals surface area contributed by atoms with Crippen molar-refractivity contribution in [1.82, 2.24) is 0 Å². The van der Waals surface area contributed by atoms with E-state index >= 15 is 0 Å². The first-order valence-electron chi connectivity index (χ1n) is 2.35. The van der Waals surface area contributed by atoms with Crippen LogP contribution >= 0.6 is 0 Å². The second-order valence-electron chi connectivity index (χ2n) is 1.32. The summed E-state index contributed by atoms with van der Waals surface area (Å²) in [5.41, 5.74) is 5.90. The summed E-state index contributed by atoms with van der Waals surface area (Å²) in [5, 5.41) is 0. The van der Waals surface area contributed by atoms with Crippen LogP contribution in [0.3, 0.4) is 0 Å². The molecule has 0 aromatic heterocycles. The fraction of sp³-hybridized carbons (Fsp3) is 0.167. The molecule has 0 aliphatic heterocycles. The Morgan fingerprint density at radius 1 is 1.75 bits per heavy atom. The summed E-state index contributed by atoms with van der Waals surface area (Å²) in [4.78, 5) is 3.85. The van der Waals surface area contributed by atoms with Gasteiger partial charge >= 0.3 is 0 Å². The SMILES string of the molecule is C=C/C=N\C(C)=C/N. The van der Waals surface area contributed by atoms with Gasteiger partial charge in [-0.15, -0.1) is 0 Å². The van der Waals surface area contributed by atoms with Gasteiger partial charge < -0.3 is 5.73 Å². The summed E-state index contributed by atoms with van der Waals surface area (Å²) in [7, 11) is 0. The van der Waals surface area contributed by atoms with Gasteiger partial charge in [-0.1, -0.05) is 12.7 Å². The zero-order chi connectivity index (χ0) is 6.41. The van der Waals surface area contributed by atoms with Crippen molar-refractivity contribution in [3.05, 3.63) is 24.6 Å². The third kappa shape index (κ3) is 3.15. The van der Waals surface area contributed by atoms with Gasteiger partial charge in [0.2, 0.25) is 0 Å². The highest BCUT2D eigenvalue weighted by Gasteiger charge is 1.72. The summed E-state index contributed by atoms with van der Waals surface area (Å²) in [6, 6.07) is 0. The standard InChI is InChI=1S/C6H10N2/c1-3-4-8-6(2)5-7/h3-5H,1,7H2,2H3/b6-5-,8-4-. The van der Waals surface area contributed by atoms with Crippen molar-refractivity contribution in [2.45, 2.75) is 6.92 Å². The van der Waals surface area contributed by atoms with Crippen LogP contribution in [-0.4, -0.2) is 6.21 Å². The molecule has 44 valence electrons. The molecule has 0 fully saturated rings. The van der Waals surface area contributed by atoms with E-state index in [-0.39, 0.29) is 0 Å². The van der Waals surface area contributed by atoms with E-state index in [9.17, 15) is 0 Å². The molecular formula is C6H10N2. The maximum absolute atomic E-state index is 5.10. The molecular weight excluding hydrogens is 100 g/mol. The van der Waals surface area contributed by atoms with Gasteiger partial charge in [-0.25, -0.2) is 0 Å². The maximum Gasteiger partial charge on any atom is 0.0526 e. The van der Waals surface area contributed by atoms with Crippen LogP contribution < -0.4 is 5.73 Å². The number of aliphatic imine (C=N–C) groups is 1. The molecule has 0 saturated carbocycles. The average Bonchev–Trinajstić information content (AvgIpc) is 1.83. The fourth-order valence-corrected chi connectivity index (χ4v) is 0.213. The molecule has 0 aromatic rings. The van der Waals surface area contributed by atoms with Crippen LogP contribution in [0.4, 0.5) is 0 Å².